The lowest BCUT2D eigenvalue weighted by molar-refractivity contribution is -0.122. The van der Waals surface area contributed by atoms with Crippen molar-refractivity contribution >= 4 is 11.7 Å². The van der Waals surface area contributed by atoms with Crippen LogP contribution in [-0.2, 0) is 4.79 Å². The lowest BCUT2D eigenvalue weighted by atomic mass is 9.97. The monoisotopic (exact) mass is 321 g/mol. The van der Waals surface area contributed by atoms with E-state index in [1.165, 1.54) is 0 Å². The van der Waals surface area contributed by atoms with Gasteiger partial charge in [-0.3, -0.25) is 9.78 Å². The molecule has 0 saturated carbocycles. The second-order valence-corrected chi connectivity index (χ2v) is 5.67. The minimum absolute atomic E-state index is 0.0223. The third-order valence-corrected chi connectivity index (χ3v) is 4.08. The first-order chi connectivity index (χ1) is 11.7. The Morgan fingerprint density at radius 3 is 2.88 bits per heavy atom. The zero-order valence-electron chi connectivity index (χ0n) is 13.0. The second-order valence-electron chi connectivity index (χ2n) is 5.67. The van der Waals surface area contributed by atoms with Gasteiger partial charge in [0.2, 0.25) is 0 Å². The van der Waals surface area contributed by atoms with E-state index in [-0.39, 0.29) is 11.8 Å². The topological polar surface area (TPSA) is 77.2 Å². The quantitative estimate of drug-likeness (QED) is 0.801. The fraction of sp³-hybridized carbons (Fsp3) is 0.167. The van der Waals surface area contributed by atoms with E-state index in [0.29, 0.717) is 11.6 Å². The molecule has 1 aromatic carbocycles. The molecule has 0 saturated heterocycles. The lowest BCUT2D eigenvalue weighted by Gasteiger charge is -2.13. The predicted octanol–water partition coefficient (Wildman–Crippen LogP) is 3.24. The van der Waals surface area contributed by atoms with Crippen molar-refractivity contribution in [1.29, 1.82) is 0 Å². The van der Waals surface area contributed by atoms with Crippen LogP contribution in [0.25, 0.3) is 11.3 Å². The Kier molecular flexibility index (Phi) is 3.49. The van der Waals surface area contributed by atoms with Crippen molar-refractivity contribution in [3.05, 3.63) is 60.4 Å². The van der Waals surface area contributed by atoms with Crippen molar-refractivity contribution in [3.8, 4) is 17.1 Å². The van der Waals surface area contributed by atoms with Crippen LogP contribution >= 0.6 is 0 Å². The molecule has 0 bridgehead atoms. The summed E-state index contributed by atoms with van der Waals surface area (Å²) in [6.07, 6.45) is 2.77. The van der Waals surface area contributed by atoms with Gasteiger partial charge < -0.3 is 14.6 Å². The molecular formula is C18H15N3O3. The van der Waals surface area contributed by atoms with Gasteiger partial charge in [-0.1, -0.05) is 30.3 Å². The van der Waals surface area contributed by atoms with Crippen LogP contribution in [0.15, 0.2) is 59.4 Å². The SMILES string of the molecule is C[C@@H]1c2ccccc2O[C@H]1C(=O)Nc1cc(-c2cccnc2)on1. The van der Waals surface area contributed by atoms with E-state index >= 15 is 0 Å². The first-order valence-electron chi connectivity index (χ1n) is 7.66. The second kappa shape index (κ2) is 5.81. The number of pyridine rings is 1. The normalized spacial score (nSPS) is 18.7. The van der Waals surface area contributed by atoms with Crippen LogP contribution in [0.5, 0.6) is 5.75 Å². The first-order valence-corrected chi connectivity index (χ1v) is 7.66. The number of nitrogens with zero attached hydrogens (tertiary/aromatic N) is 2. The van der Waals surface area contributed by atoms with E-state index < -0.39 is 6.10 Å². The molecule has 0 fully saturated rings. The number of amides is 1. The number of hydrogen-bond acceptors (Lipinski definition) is 5. The molecule has 2 atom stereocenters. The van der Waals surface area contributed by atoms with Crippen molar-refractivity contribution in [3.63, 3.8) is 0 Å². The van der Waals surface area contributed by atoms with Crippen molar-refractivity contribution in [2.24, 2.45) is 0 Å². The van der Waals surface area contributed by atoms with Crippen LogP contribution in [0.3, 0.4) is 0 Å². The van der Waals surface area contributed by atoms with Crippen molar-refractivity contribution < 1.29 is 14.1 Å². The Morgan fingerprint density at radius 1 is 1.21 bits per heavy atom. The van der Waals surface area contributed by atoms with Gasteiger partial charge in [0.1, 0.15) is 5.75 Å². The molecule has 1 N–H and O–H groups in total. The summed E-state index contributed by atoms with van der Waals surface area (Å²) in [6, 6.07) is 13.0. The molecule has 3 aromatic rings. The average molecular weight is 321 g/mol. The number of rotatable bonds is 3. The summed E-state index contributed by atoms with van der Waals surface area (Å²) in [5, 5.41) is 6.64. The van der Waals surface area contributed by atoms with Crippen molar-refractivity contribution in [1.82, 2.24) is 10.1 Å². The molecule has 4 rings (SSSR count). The molecule has 0 spiro atoms. The van der Waals surface area contributed by atoms with Gasteiger partial charge in [-0.2, -0.15) is 0 Å². The number of ether oxygens (including phenoxy) is 1. The van der Waals surface area contributed by atoms with Crippen LogP contribution in [0.4, 0.5) is 5.82 Å². The summed E-state index contributed by atoms with van der Waals surface area (Å²) in [5.74, 6) is 1.38. The van der Waals surface area contributed by atoms with Crippen LogP contribution in [0, 0.1) is 0 Å². The Morgan fingerprint density at radius 2 is 2.08 bits per heavy atom. The highest BCUT2D eigenvalue weighted by Crippen LogP contribution is 2.38. The van der Waals surface area contributed by atoms with E-state index in [1.54, 1.807) is 24.5 Å². The van der Waals surface area contributed by atoms with Gasteiger partial charge in [0.15, 0.2) is 17.7 Å². The summed E-state index contributed by atoms with van der Waals surface area (Å²) in [5.41, 5.74) is 1.83. The maximum absolute atomic E-state index is 12.5. The van der Waals surface area contributed by atoms with E-state index in [9.17, 15) is 4.79 Å². The third kappa shape index (κ3) is 2.52. The first kappa shape index (κ1) is 14.4. The Balaban J connectivity index is 1.49. The highest BCUT2D eigenvalue weighted by Gasteiger charge is 2.36. The minimum Gasteiger partial charge on any atom is -0.480 e. The van der Waals surface area contributed by atoms with Gasteiger partial charge >= 0.3 is 0 Å². The summed E-state index contributed by atoms with van der Waals surface area (Å²) < 4.78 is 11.0. The zero-order chi connectivity index (χ0) is 16.5. The van der Waals surface area contributed by atoms with E-state index in [4.69, 9.17) is 9.26 Å². The molecule has 0 aliphatic carbocycles. The molecule has 1 aliphatic heterocycles. The number of benzene rings is 1. The predicted molar refractivity (Wildman–Crippen MR) is 87.6 cm³/mol. The molecule has 1 amide bonds. The van der Waals surface area contributed by atoms with Crippen molar-refractivity contribution in [2.45, 2.75) is 18.9 Å². The van der Waals surface area contributed by atoms with E-state index in [1.807, 2.05) is 37.3 Å². The summed E-state index contributed by atoms with van der Waals surface area (Å²) >= 11 is 0. The van der Waals surface area contributed by atoms with Crippen molar-refractivity contribution in [2.75, 3.05) is 5.32 Å². The molecule has 24 heavy (non-hydrogen) atoms. The standard InChI is InChI=1S/C18H15N3O3/c1-11-13-6-2-3-7-14(13)23-17(11)18(22)20-16-9-15(24-21-16)12-5-4-8-19-10-12/h2-11,17H,1H3,(H,20,21,22)/t11-,17-/m1/s1. The fourth-order valence-corrected chi connectivity index (χ4v) is 2.82. The van der Waals surface area contributed by atoms with Gasteiger partial charge in [0.25, 0.3) is 5.91 Å². The van der Waals surface area contributed by atoms with Gasteiger partial charge in [-0.25, -0.2) is 0 Å². The van der Waals surface area contributed by atoms with Crippen LogP contribution in [0.2, 0.25) is 0 Å². The van der Waals surface area contributed by atoms with E-state index in [2.05, 4.69) is 15.5 Å². The summed E-state index contributed by atoms with van der Waals surface area (Å²) in [7, 11) is 0. The third-order valence-electron chi connectivity index (χ3n) is 4.08. The highest BCUT2D eigenvalue weighted by molar-refractivity contribution is 5.95. The Labute approximate surface area is 138 Å². The van der Waals surface area contributed by atoms with Gasteiger partial charge in [-0.05, 0) is 18.2 Å². The number of anilines is 1. The molecule has 6 nitrogen and oxygen atoms in total. The average Bonchev–Trinajstić information content (AvgIpc) is 3.21. The Bertz CT molecular complexity index is 876. The fourth-order valence-electron chi connectivity index (χ4n) is 2.82. The van der Waals surface area contributed by atoms with Crippen LogP contribution < -0.4 is 10.1 Å². The molecule has 2 aromatic heterocycles. The number of aromatic nitrogens is 2. The molecule has 0 unspecified atom stereocenters. The summed E-state index contributed by atoms with van der Waals surface area (Å²) in [4.78, 5) is 16.5. The molecule has 0 radical (unpaired) electrons. The smallest absolute Gasteiger partial charge is 0.267 e. The summed E-state index contributed by atoms with van der Waals surface area (Å²) in [6.45, 7) is 1.97. The number of nitrogens with one attached hydrogen (secondary N) is 1. The van der Waals surface area contributed by atoms with Crippen LogP contribution in [-0.4, -0.2) is 22.2 Å². The molecule has 6 heteroatoms. The number of fused-ring (bicyclic) bond motifs is 1. The number of carbonyl (C=O) groups is 1. The molecule has 3 heterocycles. The molecular weight excluding hydrogens is 306 g/mol. The number of carbonyl (C=O) groups excluding carboxylic acids is 1. The van der Waals surface area contributed by atoms with E-state index in [0.717, 1.165) is 16.9 Å². The minimum atomic E-state index is -0.582. The van der Waals surface area contributed by atoms with Gasteiger partial charge in [0, 0.05) is 35.5 Å². The Hall–Kier alpha value is -3.15. The highest BCUT2D eigenvalue weighted by atomic mass is 16.5. The van der Waals surface area contributed by atoms with Gasteiger partial charge in [-0.15, -0.1) is 0 Å². The zero-order valence-corrected chi connectivity index (χ0v) is 13.0. The molecule has 120 valence electrons. The number of hydrogen-bond donors (Lipinski definition) is 1. The molecule has 1 aliphatic rings. The maximum atomic E-state index is 12.5. The number of para-hydroxylation sites is 1. The maximum Gasteiger partial charge on any atom is 0.267 e. The van der Waals surface area contributed by atoms with Crippen LogP contribution in [0.1, 0.15) is 18.4 Å². The van der Waals surface area contributed by atoms with Gasteiger partial charge in [0.05, 0.1) is 0 Å². The lowest BCUT2D eigenvalue weighted by Crippen LogP contribution is -2.33. The largest absolute Gasteiger partial charge is 0.480 e.